The SMILES string of the molecule is C[C@@H](O)[C@H](CNO)NS(=O)c1ccc(C#Cc2ccc(CN3CCOCC3)cc2)cc1. The van der Waals surface area contributed by atoms with Gasteiger partial charge in [-0.05, 0) is 48.9 Å². The molecular formula is C23H29N3O4S. The van der Waals surface area contributed by atoms with Crippen LogP contribution in [0.2, 0.25) is 0 Å². The van der Waals surface area contributed by atoms with Crippen molar-refractivity contribution in [3.63, 3.8) is 0 Å². The third-order valence-electron chi connectivity index (χ3n) is 5.04. The van der Waals surface area contributed by atoms with E-state index in [2.05, 4.69) is 33.6 Å². The van der Waals surface area contributed by atoms with Gasteiger partial charge in [0.05, 0.1) is 30.3 Å². The van der Waals surface area contributed by atoms with Crippen LogP contribution in [0.3, 0.4) is 0 Å². The van der Waals surface area contributed by atoms with Crippen molar-refractivity contribution in [2.24, 2.45) is 0 Å². The van der Waals surface area contributed by atoms with Gasteiger partial charge in [-0.3, -0.25) is 4.90 Å². The van der Waals surface area contributed by atoms with Crippen LogP contribution < -0.4 is 10.2 Å². The van der Waals surface area contributed by atoms with E-state index < -0.39 is 23.1 Å². The summed E-state index contributed by atoms with van der Waals surface area (Å²) in [7, 11) is -1.51. The van der Waals surface area contributed by atoms with E-state index in [9.17, 15) is 9.32 Å². The smallest absolute Gasteiger partial charge is 0.125 e. The Bertz CT molecular complexity index is 901. The van der Waals surface area contributed by atoms with E-state index in [0.717, 1.165) is 44.0 Å². The van der Waals surface area contributed by atoms with Gasteiger partial charge >= 0.3 is 0 Å². The fourth-order valence-electron chi connectivity index (χ4n) is 3.13. The maximum atomic E-state index is 12.4. The van der Waals surface area contributed by atoms with Gasteiger partial charge in [0, 0.05) is 37.3 Å². The summed E-state index contributed by atoms with van der Waals surface area (Å²) in [6.45, 7) is 6.11. The molecule has 2 aromatic rings. The van der Waals surface area contributed by atoms with Crippen LogP contribution in [0.25, 0.3) is 0 Å². The number of aliphatic hydroxyl groups is 1. The van der Waals surface area contributed by atoms with Gasteiger partial charge in [0.25, 0.3) is 0 Å². The molecule has 0 amide bonds. The second-order valence-corrected chi connectivity index (χ2v) is 8.70. The Morgan fingerprint density at radius 1 is 1.06 bits per heavy atom. The minimum Gasteiger partial charge on any atom is -0.392 e. The van der Waals surface area contributed by atoms with Gasteiger partial charge in [0.2, 0.25) is 0 Å². The lowest BCUT2D eigenvalue weighted by Crippen LogP contribution is -2.45. The molecule has 3 atom stereocenters. The predicted molar refractivity (Wildman–Crippen MR) is 120 cm³/mol. The maximum absolute atomic E-state index is 12.4. The number of hydroxylamine groups is 1. The Hall–Kier alpha value is -2.09. The van der Waals surface area contributed by atoms with Gasteiger partial charge in [0.1, 0.15) is 11.0 Å². The van der Waals surface area contributed by atoms with Crippen LogP contribution in [-0.2, 0) is 22.3 Å². The van der Waals surface area contributed by atoms with Crippen LogP contribution >= 0.6 is 0 Å². The normalized spacial score (nSPS) is 17.4. The summed E-state index contributed by atoms with van der Waals surface area (Å²) in [6, 6.07) is 14.8. The molecule has 0 aliphatic carbocycles. The van der Waals surface area contributed by atoms with Crippen LogP contribution in [0.4, 0.5) is 0 Å². The average molecular weight is 444 g/mol. The Balaban J connectivity index is 1.57. The summed E-state index contributed by atoms with van der Waals surface area (Å²) < 4.78 is 20.6. The molecule has 2 aromatic carbocycles. The molecule has 7 nitrogen and oxygen atoms in total. The van der Waals surface area contributed by atoms with Gasteiger partial charge in [-0.2, -0.15) is 0 Å². The van der Waals surface area contributed by atoms with Crippen molar-refractivity contribution in [2.45, 2.75) is 30.5 Å². The molecule has 166 valence electrons. The zero-order valence-corrected chi connectivity index (χ0v) is 18.4. The molecule has 0 radical (unpaired) electrons. The van der Waals surface area contributed by atoms with Crippen molar-refractivity contribution in [1.29, 1.82) is 0 Å². The monoisotopic (exact) mass is 443 g/mol. The summed E-state index contributed by atoms with van der Waals surface area (Å²) in [5.41, 5.74) is 5.01. The second-order valence-electron chi connectivity index (χ2n) is 7.46. The number of aliphatic hydroxyl groups excluding tert-OH is 1. The molecule has 1 aliphatic rings. The average Bonchev–Trinajstić information content (AvgIpc) is 2.79. The molecule has 4 N–H and O–H groups in total. The van der Waals surface area contributed by atoms with Crippen molar-refractivity contribution in [2.75, 3.05) is 32.8 Å². The van der Waals surface area contributed by atoms with Gasteiger partial charge < -0.3 is 15.1 Å². The summed E-state index contributed by atoms with van der Waals surface area (Å²) in [4.78, 5) is 2.95. The third-order valence-corrected chi connectivity index (χ3v) is 6.25. The zero-order chi connectivity index (χ0) is 22.1. The summed E-state index contributed by atoms with van der Waals surface area (Å²) in [6.07, 6.45) is -0.769. The lowest BCUT2D eigenvalue weighted by Gasteiger charge is -2.26. The number of ether oxygens (including phenoxy) is 1. The van der Waals surface area contributed by atoms with Crippen molar-refractivity contribution in [3.8, 4) is 11.8 Å². The molecule has 0 spiro atoms. The lowest BCUT2D eigenvalue weighted by atomic mass is 10.1. The molecule has 8 heteroatoms. The van der Waals surface area contributed by atoms with E-state index in [-0.39, 0.29) is 6.54 Å². The highest BCUT2D eigenvalue weighted by Gasteiger charge is 2.17. The van der Waals surface area contributed by atoms with Crippen molar-refractivity contribution >= 4 is 11.0 Å². The summed E-state index contributed by atoms with van der Waals surface area (Å²) in [5.74, 6) is 6.29. The standard InChI is InChI=1S/C23H29N3O4S/c1-18(27)23(16-24-28)25-31(29)22-10-8-20(9-11-22)3-2-19-4-6-21(7-5-19)17-26-12-14-30-15-13-26/h4-11,18,23-25,27-28H,12-17H2,1H3/t18-,23+,31?/m1/s1. The van der Waals surface area contributed by atoms with E-state index in [1.54, 1.807) is 19.1 Å². The van der Waals surface area contributed by atoms with E-state index in [1.165, 1.54) is 5.56 Å². The first kappa shape index (κ1) is 23.6. The van der Waals surface area contributed by atoms with E-state index in [4.69, 9.17) is 9.94 Å². The molecule has 1 saturated heterocycles. The zero-order valence-electron chi connectivity index (χ0n) is 17.6. The van der Waals surface area contributed by atoms with Crippen LogP contribution in [0.15, 0.2) is 53.4 Å². The van der Waals surface area contributed by atoms with Gasteiger partial charge in [0.15, 0.2) is 0 Å². The van der Waals surface area contributed by atoms with Crippen molar-refractivity contribution in [3.05, 3.63) is 65.2 Å². The van der Waals surface area contributed by atoms with Crippen molar-refractivity contribution in [1.82, 2.24) is 15.1 Å². The third kappa shape index (κ3) is 7.52. The molecule has 1 aliphatic heterocycles. The Labute approximate surface area is 186 Å². The second kappa shape index (κ2) is 12.1. The Kier molecular flexibility index (Phi) is 9.18. The Morgan fingerprint density at radius 3 is 2.19 bits per heavy atom. The quantitative estimate of drug-likeness (QED) is 0.363. The van der Waals surface area contributed by atoms with Crippen LogP contribution in [0.1, 0.15) is 23.6 Å². The predicted octanol–water partition coefficient (Wildman–Crippen LogP) is 1.26. The molecule has 31 heavy (non-hydrogen) atoms. The minimum absolute atomic E-state index is 0.0816. The first-order valence-electron chi connectivity index (χ1n) is 10.3. The first-order valence-corrected chi connectivity index (χ1v) is 11.4. The molecule has 0 aromatic heterocycles. The van der Waals surface area contributed by atoms with Gasteiger partial charge in [-0.1, -0.05) is 24.0 Å². The van der Waals surface area contributed by atoms with E-state index in [1.807, 2.05) is 29.7 Å². The number of nitrogens with one attached hydrogen (secondary N) is 2. The van der Waals surface area contributed by atoms with Crippen LogP contribution in [0, 0.1) is 11.8 Å². The van der Waals surface area contributed by atoms with Gasteiger partial charge in [-0.15, -0.1) is 0 Å². The fourth-order valence-corrected chi connectivity index (χ4v) is 4.21. The van der Waals surface area contributed by atoms with Crippen LogP contribution in [-0.4, -0.2) is 64.4 Å². The first-order chi connectivity index (χ1) is 15.0. The number of hydrogen-bond acceptors (Lipinski definition) is 6. The largest absolute Gasteiger partial charge is 0.392 e. The maximum Gasteiger partial charge on any atom is 0.125 e. The lowest BCUT2D eigenvalue weighted by molar-refractivity contribution is 0.0342. The topological polar surface area (TPSA) is 94.1 Å². The molecular weight excluding hydrogens is 414 g/mol. The molecule has 3 rings (SSSR count). The molecule has 1 heterocycles. The van der Waals surface area contributed by atoms with E-state index in [0.29, 0.717) is 4.90 Å². The van der Waals surface area contributed by atoms with E-state index >= 15 is 0 Å². The highest BCUT2D eigenvalue weighted by Crippen LogP contribution is 2.11. The summed E-state index contributed by atoms with van der Waals surface area (Å²) in [5, 5.41) is 18.5. The number of morpholine rings is 1. The number of rotatable bonds is 8. The van der Waals surface area contributed by atoms with Crippen LogP contribution in [0.5, 0.6) is 0 Å². The molecule has 1 fully saturated rings. The van der Waals surface area contributed by atoms with Crippen molar-refractivity contribution < 1.29 is 19.3 Å². The fraction of sp³-hybridized carbons (Fsp3) is 0.391. The highest BCUT2D eigenvalue weighted by atomic mass is 32.2. The molecule has 0 saturated carbocycles. The highest BCUT2D eigenvalue weighted by molar-refractivity contribution is 7.83. The minimum atomic E-state index is -1.51. The number of nitrogens with zero attached hydrogens (tertiary/aromatic N) is 1. The summed E-state index contributed by atoms with van der Waals surface area (Å²) >= 11 is 0. The number of benzene rings is 2. The Morgan fingerprint density at radius 2 is 1.65 bits per heavy atom. The molecule has 0 bridgehead atoms. The molecule has 1 unspecified atom stereocenters. The number of hydrogen-bond donors (Lipinski definition) is 4. The van der Waals surface area contributed by atoms with Gasteiger partial charge in [-0.25, -0.2) is 14.4 Å².